The highest BCUT2D eigenvalue weighted by Gasteiger charge is 2.21. The summed E-state index contributed by atoms with van der Waals surface area (Å²) in [6.45, 7) is 5.51. The van der Waals surface area contributed by atoms with Gasteiger partial charge < -0.3 is 4.90 Å². The quantitative estimate of drug-likeness (QED) is 0.633. The second kappa shape index (κ2) is 3.72. The van der Waals surface area contributed by atoms with Crippen molar-refractivity contribution in [3.63, 3.8) is 0 Å². The van der Waals surface area contributed by atoms with E-state index in [0.29, 0.717) is 6.17 Å². The molecule has 3 heteroatoms. The molecule has 64 valence electrons. The summed E-state index contributed by atoms with van der Waals surface area (Å²) in [5, 5.41) is 3.29. The van der Waals surface area contributed by atoms with Gasteiger partial charge in [0, 0.05) is 13.5 Å². The predicted octanol–water partition coefficient (Wildman–Crippen LogP) is 0.564. The molecule has 1 atom stereocenters. The first-order chi connectivity index (χ1) is 5.25. The van der Waals surface area contributed by atoms with Crippen LogP contribution in [0.25, 0.3) is 0 Å². The lowest BCUT2D eigenvalue weighted by Gasteiger charge is -2.26. The summed E-state index contributed by atoms with van der Waals surface area (Å²) in [6.07, 6.45) is 2.60. The van der Waals surface area contributed by atoms with Gasteiger partial charge in [-0.05, 0) is 26.3 Å². The van der Waals surface area contributed by atoms with E-state index in [4.69, 9.17) is 0 Å². The van der Waals surface area contributed by atoms with E-state index in [-0.39, 0.29) is 5.91 Å². The Morgan fingerprint density at radius 3 is 2.82 bits per heavy atom. The molecule has 0 saturated carbocycles. The lowest BCUT2D eigenvalue weighted by Crippen LogP contribution is -2.44. The van der Waals surface area contributed by atoms with Gasteiger partial charge in [0.1, 0.15) is 0 Å². The van der Waals surface area contributed by atoms with Gasteiger partial charge in [-0.2, -0.15) is 0 Å². The largest absolute Gasteiger partial charge is 0.328 e. The van der Waals surface area contributed by atoms with Gasteiger partial charge >= 0.3 is 0 Å². The molecule has 1 rings (SSSR count). The maximum absolute atomic E-state index is 11.0. The molecule has 1 aliphatic heterocycles. The Morgan fingerprint density at radius 2 is 2.45 bits per heavy atom. The van der Waals surface area contributed by atoms with Crippen molar-refractivity contribution >= 4 is 5.91 Å². The highest BCUT2D eigenvalue weighted by molar-refractivity contribution is 5.73. The lowest BCUT2D eigenvalue weighted by atomic mass is 10.3. The number of hydrogen-bond donors (Lipinski definition) is 1. The van der Waals surface area contributed by atoms with Gasteiger partial charge in [-0.3, -0.25) is 10.1 Å². The summed E-state index contributed by atoms with van der Waals surface area (Å²) >= 11 is 0. The highest BCUT2D eigenvalue weighted by Crippen LogP contribution is 2.09. The van der Waals surface area contributed by atoms with E-state index >= 15 is 0 Å². The van der Waals surface area contributed by atoms with Crippen molar-refractivity contribution in [3.05, 3.63) is 0 Å². The van der Waals surface area contributed by atoms with E-state index in [1.54, 1.807) is 6.92 Å². The molecule has 0 spiro atoms. The SMILES string of the molecule is CCN(C(C)=O)C1CCCN1. The van der Waals surface area contributed by atoms with Crippen LogP contribution in [-0.2, 0) is 4.79 Å². The molecule has 11 heavy (non-hydrogen) atoms. The van der Waals surface area contributed by atoms with Crippen LogP contribution in [0.1, 0.15) is 26.7 Å². The fourth-order valence-electron chi connectivity index (χ4n) is 1.59. The van der Waals surface area contributed by atoms with Crippen LogP contribution in [0.3, 0.4) is 0 Å². The lowest BCUT2D eigenvalue weighted by molar-refractivity contribution is -0.131. The zero-order valence-corrected chi connectivity index (χ0v) is 7.26. The number of carbonyl (C=O) groups is 1. The van der Waals surface area contributed by atoms with Crippen LogP contribution in [0.2, 0.25) is 0 Å². The third kappa shape index (κ3) is 1.93. The fraction of sp³-hybridized carbons (Fsp3) is 0.875. The Kier molecular flexibility index (Phi) is 2.88. The molecule has 1 heterocycles. The van der Waals surface area contributed by atoms with Crippen molar-refractivity contribution in [2.45, 2.75) is 32.9 Å². The Balaban J connectivity index is 2.46. The summed E-state index contributed by atoms with van der Waals surface area (Å²) in [5.74, 6) is 0.173. The van der Waals surface area contributed by atoms with Crippen molar-refractivity contribution in [2.75, 3.05) is 13.1 Å². The second-order valence-corrected chi connectivity index (χ2v) is 2.92. The molecular formula is C8H16N2O. The molecule has 1 saturated heterocycles. The van der Waals surface area contributed by atoms with E-state index in [0.717, 1.165) is 19.5 Å². The first-order valence-corrected chi connectivity index (χ1v) is 4.26. The molecule has 0 bridgehead atoms. The topological polar surface area (TPSA) is 32.3 Å². The van der Waals surface area contributed by atoms with Gasteiger partial charge in [-0.1, -0.05) is 0 Å². The van der Waals surface area contributed by atoms with Gasteiger partial charge in [0.05, 0.1) is 6.17 Å². The summed E-state index contributed by atoms with van der Waals surface area (Å²) in [7, 11) is 0. The van der Waals surface area contributed by atoms with Crippen LogP contribution in [0.4, 0.5) is 0 Å². The first kappa shape index (κ1) is 8.53. The molecule has 0 aliphatic carbocycles. The molecule has 1 aliphatic rings. The van der Waals surface area contributed by atoms with Crippen LogP contribution in [0.15, 0.2) is 0 Å². The average molecular weight is 156 g/mol. The summed E-state index contributed by atoms with van der Waals surface area (Å²) in [6, 6.07) is 0. The Bertz CT molecular complexity index is 141. The normalized spacial score (nSPS) is 23.6. The van der Waals surface area contributed by atoms with Crippen LogP contribution in [-0.4, -0.2) is 30.1 Å². The third-order valence-electron chi connectivity index (χ3n) is 2.16. The average Bonchev–Trinajstić information content (AvgIpc) is 2.40. The maximum Gasteiger partial charge on any atom is 0.220 e. The number of amides is 1. The number of rotatable bonds is 2. The molecule has 1 unspecified atom stereocenters. The zero-order valence-electron chi connectivity index (χ0n) is 7.26. The van der Waals surface area contributed by atoms with E-state index in [1.165, 1.54) is 6.42 Å². The summed E-state index contributed by atoms with van der Waals surface area (Å²) < 4.78 is 0. The predicted molar refractivity (Wildman–Crippen MR) is 44.1 cm³/mol. The summed E-state index contributed by atoms with van der Waals surface area (Å²) in [5.41, 5.74) is 0. The van der Waals surface area contributed by atoms with Crippen molar-refractivity contribution < 1.29 is 4.79 Å². The van der Waals surface area contributed by atoms with Gasteiger partial charge in [0.2, 0.25) is 5.91 Å². The van der Waals surface area contributed by atoms with Crippen LogP contribution >= 0.6 is 0 Å². The molecule has 0 aromatic heterocycles. The molecule has 1 amide bonds. The number of nitrogens with zero attached hydrogens (tertiary/aromatic N) is 1. The minimum absolute atomic E-state index is 0.173. The molecule has 0 aromatic carbocycles. The number of hydrogen-bond acceptors (Lipinski definition) is 2. The van der Waals surface area contributed by atoms with E-state index in [1.807, 2.05) is 11.8 Å². The fourth-order valence-corrected chi connectivity index (χ4v) is 1.59. The van der Waals surface area contributed by atoms with Crippen LogP contribution < -0.4 is 5.32 Å². The van der Waals surface area contributed by atoms with E-state index < -0.39 is 0 Å². The Hall–Kier alpha value is -0.570. The second-order valence-electron chi connectivity index (χ2n) is 2.92. The molecular weight excluding hydrogens is 140 g/mol. The smallest absolute Gasteiger partial charge is 0.220 e. The van der Waals surface area contributed by atoms with E-state index in [9.17, 15) is 4.79 Å². The van der Waals surface area contributed by atoms with Gasteiger partial charge in [0.15, 0.2) is 0 Å². The first-order valence-electron chi connectivity index (χ1n) is 4.26. The summed E-state index contributed by atoms with van der Waals surface area (Å²) in [4.78, 5) is 12.9. The molecule has 3 nitrogen and oxygen atoms in total. The van der Waals surface area contributed by atoms with Crippen molar-refractivity contribution in [1.29, 1.82) is 0 Å². The number of carbonyl (C=O) groups excluding carboxylic acids is 1. The maximum atomic E-state index is 11.0. The molecule has 0 radical (unpaired) electrons. The monoisotopic (exact) mass is 156 g/mol. The van der Waals surface area contributed by atoms with E-state index in [2.05, 4.69) is 5.32 Å². The molecule has 1 N–H and O–H groups in total. The third-order valence-corrected chi connectivity index (χ3v) is 2.16. The Morgan fingerprint density at radius 1 is 1.73 bits per heavy atom. The minimum Gasteiger partial charge on any atom is -0.328 e. The highest BCUT2D eigenvalue weighted by atomic mass is 16.2. The standard InChI is InChI=1S/C8H16N2O/c1-3-10(7(2)11)8-5-4-6-9-8/h8-9H,3-6H2,1-2H3. The van der Waals surface area contributed by atoms with Crippen molar-refractivity contribution in [1.82, 2.24) is 10.2 Å². The van der Waals surface area contributed by atoms with Crippen LogP contribution in [0, 0.1) is 0 Å². The van der Waals surface area contributed by atoms with Gasteiger partial charge in [0.25, 0.3) is 0 Å². The molecule has 1 fully saturated rings. The van der Waals surface area contributed by atoms with Crippen LogP contribution in [0.5, 0.6) is 0 Å². The van der Waals surface area contributed by atoms with Gasteiger partial charge in [-0.15, -0.1) is 0 Å². The zero-order chi connectivity index (χ0) is 8.27. The molecule has 0 aromatic rings. The Labute approximate surface area is 67.8 Å². The van der Waals surface area contributed by atoms with Crippen molar-refractivity contribution in [2.24, 2.45) is 0 Å². The minimum atomic E-state index is 0.173. The van der Waals surface area contributed by atoms with Crippen molar-refractivity contribution in [3.8, 4) is 0 Å². The number of nitrogens with one attached hydrogen (secondary N) is 1. The van der Waals surface area contributed by atoms with Gasteiger partial charge in [-0.25, -0.2) is 0 Å².